The van der Waals surface area contributed by atoms with Crippen molar-refractivity contribution in [3.8, 4) is 0 Å². The molecule has 1 amide bonds. The molecular weight excluding hydrogens is 289 g/mol. The molecule has 2 rings (SSSR count). The molecule has 8 heteroatoms. The first-order chi connectivity index (χ1) is 9.90. The predicted octanol–water partition coefficient (Wildman–Crippen LogP) is 2.45. The van der Waals surface area contributed by atoms with Crippen molar-refractivity contribution in [1.29, 1.82) is 0 Å². The highest BCUT2D eigenvalue weighted by atomic mass is 19.2. The van der Waals surface area contributed by atoms with Crippen LogP contribution in [0.1, 0.15) is 20.7 Å². The SMILES string of the molecule is O=C(O)c1cc(F)c(F)cc1NC(=O)c1cccnc1F. The maximum absolute atomic E-state index is 13.3. The lowest BCUT2D eigenvalue weighted by Gasteiger charge is -2.09. The summed E-state index contributed by atoms with van der Waals surface area (Å²) in [4.78, 5) is 26.0. The Kier molecular flexibility index (Phi) is 3.88. The number of carboxylic acids is 1. The average Bonchev–Trinajstić information content (AvgIpc) is 2.42. The molecule has 108 valence electrons. The van der Waals surface area contributed by atoms with E-state index in [0.717, 1.165) is 12.3 Å². The van der Waals surface area contributed by atoms with Gasteiger partial charge in [-0.3, -0.25) is 4.79 Å². The standard InChI is InChI=1S/C13H7F3N2O3/c14-8-4-7(13(20)21)10(5-9(8)15)18-12(19)6-2-1-3-17-11(6)16/h1-5H,(H,18,19)(H,20,21). The second-order valence-corrected chi connectivity index (χ2v) is 3.91. The summed E-state index contributed by atoms with van der Waals surface area (Å²) in [7, 11) is 0. The van der Waals surface area contributed by atoms with E-state index >= 15 is 0 Å². The number of anilines is 1. The smallest absolute Gasteiger partial charge is 0.337 e. The molecule has 1 heterocycles. The number of hydrogen-bond acceptors (Lipinski definition) is 3. The maximum atomic E-state index is 13.3. The third kappa shape index (κ3) is 2.99. The number of pyridine rings is 1. The lowest BCUT2D eigenvalue weighted by molar-refractivity contribution is 0.0697. The van der Waals surface area contributed by atoms with Crippen molar-refractivity contribution in [2.75, 3.05) is 5.32 Å². The number of amides is 1. The summed E-state index contributed by atoms with van der Waals surface area (Å²) < 4.78 is 39.5. The fraction of sp³-hybridized carbons (Fsp3) is 0. The summed E-state index contributed by atoms with van der Waals surface area (Å²) in [6, 6.07) is 3.33. The number of benzene rings is 1. The molecule has 0 aliphatic rings. The molecule has 1 aromatic heterocycles. The highest BCUT2D eigenvalue weighted by Crippen LogP contribution is 2.21. The van der Waals surface area contributed by atoms with Gasteiger partial charge in [-0.25, -0.2) is 18.6 Å². The fourth-order valence-corrected chi connectivity index (χ4v) is 1.57. The lowest BCUT2D eigenvalue weighted by Crippen LogP contribution is -2.17. The molecule has 0 saturated carbocycles. The molecule has 0 spiro atoms. The van der Waals surface area contributed by atoms with Gasteiger partial charge >= 0.3 is 5.97 Å². The largest absolute Gasteiger partial charge is 0.478 e. The third-order valence-electron chi connectivity index (χ3n) is 2.54. The zero-order valence-corrected chi connectivity index (χ0v) is 10.2. The Morgan fingerprint density at radius 3 is 2.38 bits per heavy atom. The number of aromatic nitrogens is 1. The number of nitrogens with one attached hydrogen (secondary N) is 1. The summed E-state index contributed by atoms with van der Waals surface area (Å²) in [5, 5.41) is 10.9. The first kappa shape index (κ1) is 14.5. The Morgan fingerprint density at radius 2 is 1.76 bits per heavy atom. The Hall–Kier alpha value is -2.90. The molecule has 0 unspecified atom stereocenters. The minimum Gasteiger partial charge on any atom is -0.478 e. The maximum Gasteiger partial charge on any atom is 0.337 e. The zero-order valence-electron chi connectivity index (χ0n) is 10.2. The van der Waals surface area contributed by atoms with Crippen LogP contribution in [0.3, 0.4) is 0 Å². The molecule has 0 bridgehead atoms. The summed E-state index contributed by atoms with van der Waals surface area (Å²) in [5.74, 6) is -6.40. The molecular formula is C13H7F3N2O3. The number of halogens is 3. The van der Waals surface area contributed by atoms with Crippen molar-refractivity contribution in [3.05, 3.63) is 59.2 Å². The van der Waals surface area contributed by atoms with Crippen molar-refractivity contribution in [1.82, 2.24) is 4.98 Å². The minimum atomic E-state index is -1.57. The van der Waals surface area contributed by atoms with Crippen LogP contribution in [0.4, 0.5) is 18.9 Å². The predicted molar refractivity (Wildman–Crippen MR) is 65.5 cm³/mol. The van der Waals surface area contributed by atoms with Crippen LogP contribution >= 0.6 is 0 Å². The third-order valence-corrected chi connectivity index (χ3v) is 2.54. The molecule has 0 aliphatic carbocycles. The fourth-order valence-electron chi connectivity index (χ4n) is 1.57. The number of carbonyl (C=O) groups excluding carboxylic acids is 1. The molecule has 2 N–H and O–H groups in total. The normalized spacial score (nSPS) is 10.2. The number of carboxylic acid groups (broad SMARTS) is 1. The van der Waals surface area contributed by atoms with E-state index in [1.165, 1.54) is 6.07 Å². The van der Waals surface area contributed by atoms with Gasteiger partial charge in [0.2, 0.25) is 5.95 Å². The van der Waals surface area contributed by atoms with E-state index < -0.39 is 46.3 Å². The van der Waals surface area contributed by atoms with Crippen LogP contribution in [0, 0.1) is 17.6 Å². The van der Waals surface area contributed by atoms with E-state index in [2.05, 4.69) is 4.98 Å². The molecule has 21 heavy (non-hydrogen) atoms. The quantitative estimate of drug-likeness (QED) is 0.853. The van der Waals surface area contributed by atoms with Gasteiger partial charge in [0.15, 0.2) is 11.6 Å². The molecule has 0 fully saturated rings. The van der Waals surface area contributed by atoms with Crippen LogP contribution < -0.4 is 5.32 Å². The molecule has 5 nitrogen and oxygen atoms in total. The van der Waals surface area contributed by atoms with Crippen molar-refractivity contribution >= 4 is 17.6 Å². The molecule has 2 aromatic rings. The summed E-state index contributed by atoms with van der Waals surface area (Å²) in [6.45, 7) is 0. The van der Waals surface area contributed by atoms with Gasteiger partial charge in [-0.1, -0.05) is 0 Å². The van der Waals surface area contributed by atoms with Crippen LogP contribution in [-0.4, -0.2) is 22.0 Å². The van der Waals surface area contributed by atoms with Gasteiger partial charge in [-0.15, -0.1) is 0 Å². The van der Waals surface area contributed by atoms with Crippen LogP contribution in [-0.2, 0) is 0 Å². The second kappa shape index (κ2) is 5.61. The van der Waals surface area contributed by atoms with E-state index in [1.54, 1.807) is 0 Å². The minimum absolute atomic E-state index is 0.423. The van der Waals surface area contributed by atoms with Gasteiger partial charge in [0, 0.05) is 12.3 Å². The summed E-state index contributed by atoms with van der Waals surface area (Å²) >= 11 is 0. The van der Waals surface area contributed by atoms with Gasteiger partial charge in [0.1, 0.15) is 0 Å². The highest BCUT2D eigenvalue weighted by Gasteiger charge is 2.19. The van der Waals surface area contributed by atoms with Crippen molar-refractivity contribution < 1.29 is 27.9 Å². The Balaban J connectivity index is 2.40. The second-order valence-electron chi connectivity index (χ2n) is 3.91. The van der Waals surface area contributed by atoms with Gasteiger partial charge in [0.25, 0.3) is 5.91 Å². The molecule has 0 saturated heterocycles. The highest BCUT2D eigenvalue weighted by molar-refractivity contribution is 6.07. The molecule has 0 radical (unpaired) electrons. The van der Waals surface area contributed by atoms with Crippen LogP contribution in [0.5, 0.6) is 0 Å². The van der Waals surface area contributed by atoms with Gasteiger partial charge < -0.3 is 10.4 Å². The van der Waals surface area contributed by atoms with Crippen molar-refractivity contribution in [3.63, 3.8) is 0 Å². The average molecular weight is 296 g/mol. The number of aromatic carboxylic acids is 1. The van der Waals surface area contributed by atoms with E-state index in [-0.39, 0.29) is 0 Å². The van der Waals surface area contributed by atoms with Crippen LogP contribution in [0.25, 0.3) is 0 Å². The van der Waals surface area contributed by atoms with E-state index in [9.17, 15) is 22.8 Å². The Labute approximate surface area is 116 Å². The van der Waals surface area contributed by atoms with Gasteiger partial charge in [-0.2, -0.15) is 4.39 Å². The number of carbonyl (C=O) groups is 2. The first-order valence-corrected chi connectivity index (χ1v) is 5.54. The van der Waals surface area contributed by atoms with E-state index in [4.69, 9.17) is 5.11 Å². The van der Waals surface area contributed by atoms with Crippen LogP contribution in [0.15, 0.2) is 30.5 Å². The van der Waals surface area contributed by atoms with Gasteiger partial charge in [-0.05, 0) is 18.2 Å². The number of hydrogen-bond donors (Lipinski definition) is 2. The van der Waals surface area contributed by atoms with Crippen LogP contribution in [0.2, 0.25) is 0 Å². The number of rotatable bonds is 3. The zero-order chi connectivity index (χ0) is 15.6. The Morgan fingerprint density at radius 1 is 1.10 bits per heavy atom. The van der Waals surface area contributed by atoms with Crippen molar-refractivity contribution in [2.24, 2.45) is 0 Å². The van der Waals surface area contributed by atoms with Crippen molar-refractivity contribution in [2.45, 2.75) is 0 Å². The molecule has 1 aromatic carbocycles. The van der Waals surface area contributed by atoms with E-state index in [0.29, 0.717) is 12.1 Å². The lowest BCUT2D eigenvalue weighted by atomic mass is 10.1. The monoisotopic (exact) mass is 296 g/mol. The molecule has 0 aliphatic heterocycles. The van der Waals surface area contributed by atoms with E-state index in [1.807, 2.05) is 5.32 Å². The summed E-state index contributed by atoms with van der Waals surface area (Å²) in [6.07, 6.45) is 1.12. The number of nitrogens with zero attached hydrogens (tertiary/aromatic N) is 1. The van der Waals surface area contributed by atoms with Gasteiger partial charge in [0.05, 0.1) is 16.8 Å². The summed E-state index contributed by atoms with van der Waals surface area (Å²) in [5.41, 5.74) is -1.61. The first-order valence-electron chi connectivity index (χ1n) is 5.54. The topological polar surface area (TPSA) is 79.3 Å². The molecule has 0 atom stereocenters. The Bertz CT molecular complexity index is 735.